The van der Waals surface area contributed by atoms with Crippen LogP contribution in [0.15, 0.2) is 30.3 Å². The van der Waals surface area contributed by atoms with E-state index in [4.69, 9.17) is 0 Å². The summed E-state index contributed by atoms with van der Waals surface area (Å²) in [5, 5.41) is 17.0. The third-order valence-corrected chi connectivity index (χ3v) is 2.89. The Morgan fingerprint density at radius 2 is 2.06 bits per heavy atom. The molecule has 0 aliphatic heterocycles. The van der Waals surface area contributed by atoms with Crippen molar-refractivity contribution in [3.05, 3.63) is 41.6 Å². The van der Waals surface area contributed by atoms with E-state index in [1.54, 1.807) is 0 Å². The summed E-state index contributed by atoms with van der Waals surface area (Å²) >= 11 is 4.12. The first-order chi connectivity index (χ1) is 7.74. The molecular weight excluding hydrogens is 220 g/mol. The van der Waals surface area contributed by atoms with Crippen LogP contribution in [0.5, 0.6) is 0 Å². The van der Waals surface area contributed by atoms with E-state index in [1.165, 1.54) is 0 Å². The van der Waals surface area contributed by atoms with Crippen LogP contribution in [0.3, 0.4) is 0 Å². The van der Waals surface area contributed by atoms with Crippen LogP contribution >= 0.6 is 12.6 Å². The number of aryl methyl sites for hydroxylation is 1. The lowest BCUT2D eigenvalue weighted by atomic mass is 10.0. The SMILES string of the molecule is Cc1[nH]nc(-c2ccccc2)c1C(O)CS. The van der Waals surface area contributed by atoms with Gasteiger partial charge in [-0.3, -0.25) is 5.10 Å². The zero-order chi connectivity index (χ0) is 11.5. The maximum absolute atomic E-state index is 9.90. The van der Waals surface area contributed by atoms with E-state index in [1.807, 2.05) is 37.3 Å². The minimum absolute atomic E-state index is 0.389. The number of aromatic nitrogens is 2. The highest BCUT2D eigenvalue weighted by atomic mass is 32.1. The lowest BCUT2D eigenvalue weighted by molar-refractivity contribution is 0.204. The summed E-state index contributed by atoms with van der Waals surface area (Å²) in [6.45, 7) is 1.90. The van der Waals surface area contributed by atoms with Gasteiger partial charge < -0.3 is 5.11 Å². The molecule has 1 aromatic carbocycles. The van der Waals surface area contributed by atoms with Crippen LogP contribution in [0.2, 0.25) is 0 Å². The number of H-pyrrole nitrogens is 1. The second-order valence-electron chi connectivity index (χ2n) is 3.68. The zero-order valence-electron chi connectivity index (χ0n) is 9.01. The van der Waals surface area contributed by atoms with Crippen LogP contribution in [0, 0.1) is 6.92 Å². The maximum atomic E-state index is 9.90. The lowest BCUT2D eigenvalue weighted by Gasteiger charge is -2.09. The van der Waals surface area contributed by atoms with Crippen molar-refractivity contribution in [3.8, 4) is 11.3 Å². The van der Waals surface area contributed by atoms with E-state index >= 15 is 0 Å². The van der Waals surface area contributed by atoms with Gasteiger partial charge in [0.15, 0.2) is 0 Å². The predicted octanol–water partition coefficient (Wildman–Crippen LogP) is 2.35. The molecule has 0 saturated carbocycles. The van der Waals surface area contributed by atoms with E-state index in [-0.39, 0.29) is 0 Å². The maximum Gasteiger partial charge on any atom is 0.0981 e. The summed E-state index contributed by atoms with van der Waals surface area (Å²) in [6, 6.07) is 9.82. The highest BCUT2D eigenvalue weighted by Gasteiger charge is 2.18. The number of nitrogens with zero attached hydrogens (tertiary/aromatic N) is 1. The first-order valence-electron chi connectivity index (χ1n) is 5.13. The van der Waals surface area contributed by atoms with Crippen molar-refractivity contribution < 1.29 is 5.11 Å². The number of thiol groups is 1. The Labute approximate surface area is 99.9 Å². The summed E-state index contributed by atoms with van der Waals surface area (Å²) in [6.07, 6.45) is -0.586. The van der Waals surface area contributed by atoms with Crippen molar-refractivity contribution in [3.63, 3.8) is 0 Å². The Kier molecular flexibility index (Phi) is 3.31. The van der Waals surface area contributed by atoms with Gasteiger partial charge in [0, 0.05) is 22.6 Å². The number of benzene rings is 1. The summed E-state index contributed by atoms with van der Waals surface area (Å²) in [5.41, 5.74) is 3.53. The second kappa shape index (κ2) is 4.72. The number of rotatable bonds is 3. The fourth-order valence-corrected chi connectivity index (χ4v) is 1.94. The highest BCUT2D eigenvalue weighted by Crippen LogP contribution is 2.29. The third-order valence-electron chi connectivity index (χ3n) is 2.55. The topological polar surface area (TPSA) is 48.9 Å². The van der Waals surface area contributed by atoms with Crippen LogP contribution in [-0.2, 0) is 0 Å². The molecular formula is C12H14N2OS. The number of hydrogen-bond donors (Lipinski definition) is 3. The van der Waals surface area contributed by atoms with Crippen molar-refractivity contribution in [2.24, 2.45) is 0 Å². The van der Waals surface area contributed by atoms with Crippen LogP contribution < -0.4 is 0 Å². The molecule has 1 unspecified atom stereocenters. The van der Waals surface area contributed by atoms with Crippen molar-refractivity contribution in [1.82, 2.24) is 10.2 Å². The Morgan fingerprint density at radius 3 is 2.69 bits per heavy atom. The van der Waals surface area contributed by atoms with Gasteiger partial charge in [-0.2, -0.15) is 17.7 Å². The molecule has 2 aromatic rings. The molecule has 0 amide bonds. The quantitative estimate of drug-likeness (QED) is 0.714. The fraction of sp³-hybridized carbons (Fsp3) is 0.250. The summed E-state index contributed by atoms with van der Waals surface area (Å²) in [7, 11) is 0. The van der Waals surface area contributed by atoms with Gasteiger partial charge in [0.1, 0.15) is 0 Å². The van der Waals surface area contributed by atoms with Gasteiger partial charge in [-0.1, -0.05) is 30.3 Å². The summed E-state index contributed by atoms with van der Waals surface area (Å²) < 4.78 is 0. The number of aliphatic hydroxyl groups is 1. The second-order valence-corrected chi connectivity index (χ2v) is 4.04. The van der Waals surface area contributed by atoms with Gasteiger partial charge in [-0.05, 0) is 6.92 Å². The Balaban J connectivity index is 2.50. The first-order valence-corrected chi connectivity index (χ1v) is 5.76. The summed E-state index contributed by atoms with van der Waals surface area (Å²) in [4.78, 5) is 0. The van der Waals surface area contributed by atoms with Crippen molar-refractivity contribution >= 4 is 12.6 Å². The van der Waals surface area contributed by atoms with Gasteiger partial charge in [-0.15, -0.1) is 0 Å². The molecule has 1 heterocycles. The first kappa shape index (κ1) is 11.2. The lowest BCUT2D eigenvalue weighted by Crippen LogP contribution is -2.01. The largest absolute Gasteiger partial charge is 0.387 e. The molecule has 1 aromatic heterocycles. The molecule has 2 rings (SSSR count). The molecule has 0 saturated heterocycles. The van der Waals surface area contributed by atoms with Gasteiger partial charge >= 0.3 is 0 Å². The van der Waals surface area contributed by atoms with Gasteiger partial charge in [0.25, 0.3) is 0 Å². The van der Waals surface area contributed by atoms with Crippen LogP contribution in [0.25, 0.3) is 11.3 Å². The third kappa shape index (κ3) is 1.99. The van der Waals surface area contributed by atoms with Crippen LogP contribution in [-0.4, -0.2) is 21.1 Å². The molecule has 0 radical (unpaired) electrons. The molecule has 3 nitrogen and oxygen atoms in total. The van der Waals surface area contributed by atoms with Crippen molar-refractivity contribution in [2.45, 2.75) is 13.0 Å². The van der Waals surface area contributed by atoms with Crippen LogP contribution in [0.4, 0.5) is 0 Å². The molecule has 0 aliphatic carbocycles. The predicted molar refractivity (Wildman–Crippen MR) is 67.6 cm³/mol. The van der Waals surface area contributed by atoms with E-state index in [2.05, 4.69) is 22.8 Å². The molecule has 84 valence electrons. The zero-order valence-corrected chi connectivity index (χ0v) is 9.91. The Bertz CT molecular complexity index is 467. The Morgan fingerprint density at radius 1 is 1.38 bits per heavy atom. The van der Waals surface area contributed by atoms with Crippen molar-refractivity contribution in [1.29, 1.82) is 0 Å². The van der Waals surface area contributed by atoms with Gasteiger partial charge in [-0.25, -0.2) is 0 Å². The smallest absolute Gasteiger partial charge is 0.0981 e. The standard InChI is InChI=1S/C12H14N2OS/c1-8-11(10(15)7-16)12(14-13-8)9-5-3-2-4-6-9/h2-6,10,15-16H,7H2,1H3,(H,13,14). The normalized spacial score (nSPS) is 12.7. The van der Waals surface area contributed by atoms with E-state index in [0.29, 0.717) is 5.75 Å². The average Bonchev–Trinajstić information content (AvgIpc) is 2.71. The minimum atomic E-state index is -0.586. The molecule has 0 bridgehead atoms. The van der Waals surface area contributed by atoms with E-state index < -0.39 is 6.10 Å². The molecule has 0 aliphatic rings. The minimum Gasteiger partial charge on any atom is -0.387 e. The fourth-order valence-electron chi connectivity index (χ4n) is 1.75. The molecule has 1 atom stereocenters. The van der Waals surface area contributed by atoms with E-state index in [0.717, 1.165) is 22.5 Å². The Hall–Kier alpha value is -1.26. The molecule has 2 N–H and O–H groups in total. The van der Waals surface area contributed by atoms with Gasteiger partial charge in [0.05, 0.1) is 11.8 Å². The number of nitrogens with one attached hydrogen (secondary N) is 1. The monoisotopic (exact) mass is 234 g/mol. The van der Waals surface area contributed by atoms with Crippen molar-refractivity contribution in [2.75, 3.05) is 5.75 Å². The van der Waals surface area contributed by atoms with E-state index in [9.17, 15) is 5.11 Å². The molecule has 4 heteroatoms. The number of aromatic amines is 1. The molecule has 0 spiro atoms. The van der Waals surface area contributed by atoms with Gasteiger partial charge in [0.2, 0.25) is 0 Å². The molecule has 0 fully saturated rings. The summed E-state index contributed by atoms with van der Waals surface area (Å²) in [5.74, 6) is 0.389. The molecule has 16 heavy (non-hydrogen) atoms. The van der Waals surface area contributed by atoms with Crippen LogP contribution in [0.1, 0.15) is 17.4 Å². The number of aliphatic hydroxyl groups excluding tert-OH is 1. The highest BCUT2D eigenvalue weighted by molar-refractivity contribution is 7.80. The average molecular weight is 234 g/mol. The number of hydrogen-bond acceptors (Lipinski definition) is 3.